The quantitative estimate of drug-likeness (QED) is 0.844. The fourth-order valence-electron chi connectivity index (χ4n) is 1.68. The largest absolute Gasteiger partial charge is 0.493 e. The van der Waals surface area contributed by atoms with Crippen LogP contribution in [0.3, 0.4) is 0 Å². The molecule has 1 N–H and O–H groups in total. The van der Waals surface area contributed by atoms with E-state index in [1.54, 1.807) is 12.1 Å². The Morgan fingerprint density at radius 2 is 2.44 bits per heavy atom. The van der Waals surface area contributed by atoms with Crippen molar-refractivity contribution in [3.63, 3.8) is 0 Å². The van der Waals surface area contributed by atoms with Crippen LogP contribution in [0.25, 0.3) is 0 Å². The number of morpholine rings is 1. The monoisotopic (exact) mass is 225 g/mol. The van der Waals surface area contributed by atoms with Crippen molar-refractivity contribution in [1.82, 2.24) is 5.32 Å². The molecular formula is C12H16FNO2. The van der Waals surface area contributed by atoms with Crippen molar-refractivity contribution in [1.29, 1.82) is 0 Å². The summed E-state index contributed by atoms with van der Waals surface area (Å²) in [6, 6.07) is 6.55. The number of hydrogen-bond donors (Lipinski definition) is 1. The Morgan fingerprint density at radius 3 is 3.19 bits per heavy atom. The minimum absolute atomic E-state index is 0.267. The number of ether oxygens (including phenoxy) is 2. The summed E-state index contributed by atoms with van der Waals surface area (Å²) in [5, 5.41) is 3.34. The van der Waals surface area contributed by atoms with Crippen molar-refractivity contribution < 1.29 is 13.9 Å². The first-order chi connectivity index (χ1) is 7.84. The highest BCUT2D eigenvalue weighted by Gasteiger charge is 2.12. The highest BCUT2D eigenvalue weighted by Crippen LogP contribution is 2.12. The molecule has 1 aromatic rings. The van der Waals surface area contributed by atoms with Gasteiger partial charge in [0.2, 0.25) is 0 Å². The highest BCUT2D eigenvalue weighted by molar-refractivity contribution is 5.22. The second-order valence-electron chi connectivity index (χ2n) is 3.82. The summed E-state index contributed by atoms with van der Waals surface area (Å²) >= 11 is 0. The molecule has 3 nitrogen and oxygen atoms in total. The molecule has 2 rings (SSSR count). The summed E-state index contributed by atoms with van der Waals surface area (Å²) in [7, 11) is 0. The maximum Gasteiger partial charge on any atom is 0.126 e. The summed E-state index contributed by atoms with van der Waals surface area (Å²) in [6.07, 6.45) is 0.872. The number of hydrogen-bond acceptors (Lipinski definition) is 3. The van der Waals surface area contributed by atoms with Crippen LogP contribution in [-0.4, -0.2) is 32.4 Å². The fraction of sp³-hybridized carbons (Fsp3) is 0.500. The van der Waals surface area contributed by atoms with Crippen LogP contribution in [0.5, 0.6) is 5.75 Å². The van der Waals surface area contributed by atoms with Crippen molar-refractivity contribution in [2.24, 2.45) is 0 Å². The van der Waals surface area contributed by atoms with E-state index in [-0.39, 0.29) is 5.82 Å². The van der Waals surface area contributed by atoms with E-state index in [9.17, 15) is 4.39 Å². The summed E-state index contributed by atoms with van der Waals surface area (Å²) in [5.74, 6) is 0.313. The number of rotatable bonds is 4. The second-order valence-corrected chi connectivity index (χ2v) is 3.82. The summed E-state index contributed by atoms with van der Waals surface area (Å²) in [4.78, 5) is 0. The summed E-state index contributed by atoms with van der Waals surface area (Å²) < 4.78 is 23.6. The van der Waals surface area contributed by atoms with E-state index >= 15 is 0 Å². The lowest BCUT2D eigenvalue weighted by atomic mass is 10.2. The summed E-state index contributed by atoms with van der Waals surface area (Å²) in [5.41, 5.74) is 0. The first-order valence-electron chi connectivity index (χ1n) is 5.54. The predicted octanol–water partition coefficient (Wildman–Crippen LogP) is 1.58. The second kappa shape index (κ2) is 5.82. The van der Waals surface area contributed by atoms with Crippen LogP contribution in [0.2, 0.25) is 0 Å². The number of nitrogens with one attached hydrogen (secondary N) is 1. The Hall–Kier alpha value is -1.13. The average Bonchev–Trinajstić information content (AvgIpc) is 2.30. The van der Waals surface area contributed by atoms with Gasteiger partial charge < -0.3 is 14.8 Å². The van der Waals surface area contributed by atoms with Crippen molar-refractivity contribution in [3.8, 4) is 5.75 Å². The van der Waals surface area contributed by atoms with E-state index in [0.29, 0.717) is 18.4 Å². The van der Waals surface area contributed by atoms with E-state index in [1.807, 2.05) is 0 Å². The van der Waals surface area contributed by atoms with Crippen LogP contribution in [0.15, 0.2) is 24.3 Å². The molecule has 88 valence electrons. The molecule has 0 spiro atoms. The molecule has 0 amide bonds. The third-order valence-corrected chi connectivity index (χ3v) is 2.53. The molecular weight excluding hydrogens is 209 g/mol. The van der Waals surface area contributed by atoms with E-state index in [1.165, 1.54) is 12.1 Å². The molecule has 1 aromatic carbocycles. The van der Waals surface area contributed by atoms with Crippen molar-refractivity contribution in [2.45, 2.75) is 12.5 Å². The number of benzene rings is 1. The van der Waals surface area contributed by atoms with Crippen LogP contribution in [0.4, 0.5) is 4.39 Å². The molecule has 1 fully saturated rings. The molecule has 16 heavy (non-hydrogen) atoms. The zero-order valence-corrected chi connectivity index (χ0v) is 9.12. The van der Waals surface area contributed by atoms with Crippen LogP contribution < -0.4 is 10.1 Å². The Labute approximate surface area is 94.6 Å². The van der Waals surface area contributed by atoms with E-state index in [2.05, 4.69) is 5.32 Å². The molecule has 0 aromatic heterocycles. The first kappa shape index (κ1) is 11.4. The molecule has 4 heteroatoms. The average molecular weight is 225 g/mol. The first-order valence-corrected chi connectivity index (χ1v) is 5.54. The van der Waals surface area contributed by atoms with Gasteiger partial charge in [-0.2, -0.15) is 0 Å². The fourth-order valence-corrected chi connectivity index (χ4v) is 1.68. The Bertz CT molecular complexity index is 327. The van der Waals surface area contributed by atoms with Crippen LogP contribution in [-0.2, 0) is 4.74 Å². The van der Waals surface area contributed by atoms with Gasteiger partial charge in [-0.15, -0.1) is 0 Å². The topological polar surface area (TPSA) is 30.5 Å². The van der Waals surface area contributed by atoms with E-state index in [0.717, 1.165) is 26.2 Å². The predicted molar refractivity (Wildman–Crippen MR) is 59.1 cm³/mol. The lowest BCUT2D eigenvalue weighted by molar-refractivity contribution is 0.0691. The van der Waals surface area contributed by atoms with Crippen LogP contribution in [0, 0.1) is 5.82 Å². The van der Waals surface area contributed by atoms with Gasteiger partial charge in [0, 0.05) is 18.7 Å². The molecule has 1 aliphatic heterocycles. The van der Waals surface area contributed by atoms with Gasteiger partial charge in [0.05, 0.1) is 19.8 Å². The van der Waals surface area contributed by atoms with Crippen molar-refractivity contribution >= 4 is 0 Å². The van der Waals surface area contributed by atoms with Gasteiger partial charge >= 0.3 is 0 Å². The van der Waals surface area contributed by atoms with E-state index in [4.69, 9.17) is 9.47 Å². The summed E-state index contributed by atoms with van der Waals surface area (Å²) in [6.45, 7) is 2.98. The molecule has 1 heterocycles. The van der Waals surface area contributed by atoms with Gasteiger partial charge in [-0.1, -0.05) is 6.07 Å². The lowest BCUT2D eigenvalue weighted by Crippen LogP contribution is -2.41. The maximum absolute atomic E-state index is 12.8. The highest BCUT2D eigenvalue weighted by atomic mass is 19.1. The molecule has 1 atom stereocenters. The minimum atomic E-state index is -0.267. The smallest absolute Gasteiger partial charge is 0.126 e. The lowest BCUT2D eigenvalue weighted by Gasteiger charge is -2.23. The Balaban J connectivity index is 1.71. The van der Waals surface area contributed by atoms with Gasteiger partial charge in [0.25, 0.3) is 0 Å². The molecule has 1 unspecified atom stereocenters. The zero-order valence-electron chi connectivity index (χ0n) is 9.12. The third-order valence-electron chi connectivity index (χ3n) is 2.53. The molecule has 0 radical (unpaired) electrons. The van der Waals surface area contributed by atoms with Crippen LogP contribution in [0.1, 0.15) is 6.42 Å². The third kappa shape index (κ3) is 3.47. The van der Waals surface area contributed by atoms with Gasteiger partial charge in [-0.05, 0) is 18.6 Å². The Kier molecular flexibility index (Phi) is 4.13. The maximum atomic E-state index is 12.8. The minimum Gasteiger partial charge on any atom is -0.493 e. The van der Waals surface area contributed by atoms with Crippen molar-refractivity contribution in [2.75, 3.05) is 26.4 Å². The molecule has 1 saturated heterocycles. The molecule has 0 bridgehead atoms. The van der Waals surface area contributed by atoms with Gasteiger partial charge in [-0.3, -0.25) is 0 Å². The Morgan fingerprint density at radius 1 is 1.50 bits per heavy atom. The zero-order chi connectivity index (χ0) is 11.2. The van der Waals surface area contributed by atoms with Gasteiger partial charge in [0.1, 0.15) is 11.6 Å². The molecule has 0 saturated carbocycles. The van der Waals surface area contributed by atoms with Crippen molar-refractivity contribution in [3.05, 3.63) is 30.1 Å². The van der Waals surface area contributed by atoms with Crippen LogP contribution >= 0.6 is 0 Å². The standard InChI is InChI=1S/C12H16FNO2/c13-10-2-1-3-12(8-10)16-6-4-11-9-15-7-5-14-11/h1-3,8,11,14H,4-7,9H2. The number of halogens is 1. The molecule has 0 aliphatic carbocycles. The molecule has 1 aliphatic rings. The normalized spacial score (nSPS) is 20.7. The van der Waals surface area contributed by atoms with E-state index < -0.39 is 0 Å². The SMILES string of the molecule is Fc1cccc(OCCC2COCCN2)c1. The van der Waals surface area contributed by atoms with Gasteiger partial charge in [-0.25, -0.2) is 4.39 Å². The van der Waals surface area contributed by atoms with Gasteiger partial charge in [0.15, 0.2) is 0 Å².